The molecule has 1 atom stereocenters. The number of esters is 1. The van der Waals surface area contributed by atoms with Crippen molar-refractivity contribution < 1.29 is 9.53 Å². The second-order valence-corrected chi connectivity index (χ2v) is 5.71. The maximum Gasteiger partial charge on any atom is 0.328 e. The zero-order valence-electron chi connectivity index (χ0n) is 12.7. The average Bonchev–Trinajstić information content (AvgIpc) is 2.72. The third-order valence-electron chi connectivity index (χ3n) is 3.76. The fraction of sp³-hybridized carbons (Fsp3) is 0.562. The summed E-state index contributed by atoms with van der Waals surface area (Å²) in [6.45, 7) is 7.76. The second kappa shape index (κ2) is 7.78. The van der Waals surface area contributed by atoms with Crippen LogP contribution in [0, 0.1) is 6.92 Å². The maximum atomic E-state index is 12.4. The number of aryl methyl sites for hydroxylation is 1. The molecule has 0 aromatic heterocycles. The quantitative estimate of drug-likeness (QED) is 0.868. The molecular formula is C16H23ClN2O2. The van der Waals surface area contributed by atoms with E-state index in [0.29, 0.717) is 11.6 Å². The molecule has 5 heteroatoms. The molecule has 0 spiro atoms. The number of benzene rings is 1. The van der Waals surface area contributed by atoms with Gasteiger partial charge in [-0.1, -0.05) is 23.7 Å². The lowest BCUT2D eigenvalue weighted by molar-refractivity contribution is -0.149. The predicted octanol–water partition coefficient (Wildman–Crippen LogP) is 2.55. The van der Waals surface area contributed by atoms with Crippen LogP contribution >= 0.6 is 11.6 Å². The Labute approximate surface area is 131 Å². The van der Waals surface area contributed by atoms with E-state index in [1.54, 1.807) is 0 Å². The van der Waals surface area contributed by atoms with Gasteiger partial charge in [0.1, 0.15) is 6.04 Å². The van der Waals surface area contributed by atoms with Crippen LogP contribution in [0.4, 0.5) is 0 Å². The highest BCUT2D eigenvalue weighted by Crippen LogP contribution is 2.27. The molecule has 21 heavy (non-hydrogen) atoms. The molecule has 1 aliphatic heterocycles. The van der Waals surface area contributed by atoms with Crippen LogP contribution in [-0.4, -0.2) is 43.7 Å². The summed E-state index contributed by atoms with van der Waals surface area (Å²) in [5.41, 5.74) is 1.92. The van der Waals surface area contributed by atoms with E-state index in [4.69, 9.17) is 16.3 Å². The molecule has 0 amide bonds. The molecule has 0 radical (unpaired) electrons. The molecule has 1 aliphatic rings. The van der Waals surface area contributed by atoms with Crippen LogP contribution in [0.25, 0.3) is 0 Å². The number of rotatable bonds is 4. The van der Waals surface area contributed by atoms with E-state index in [1.807, 2.05) is 32.0 Å². The molecule has 1 N–H and O–H groups in total. The van der Waals surface area contributed by atoms with Crippen molar-refractivity contribution in [2.24, 2.45) is 0 Å². The Kier molecular flexibility index (Phi) is 6.03. The Balaban J connectivity index is 2.29. The van der Waals surface area contributed by atoms with E-state index in [9.17, 15) is 4.79 Å². The Morgan fingerprint density at radius 2 is 2.24 bits per heavy atom. The molecule has 1 unspecified atom stereocenters. The van der Waals surface area contributed by atoms with Crippen molar-refractivity contribution in [3.8, 4) is 0 Å². The zero-order chi connectivity index (χ0) is 15.2. The number of hydrogen-bond donors (Lipinski definition) is 1. The van der Waals surface area contributed by atoms with Crippen LogP contribution in [0.3, 0.4) is 0 Å². The minimum Gasteiger partial charge on any atom is -0.465 e. The van der Waals surface area contributed by atoms with Crippen molar-refractivity contribution in [3.05, 3.63) is 34.3 Å². The second-order valence-electron chi connectivity index (χ2n) is 5.30. The lowest BCUT2D eigenvalue weighted by Crippen LogP contribution is -2.37. The smallest absolute Gasteiger partial charge is 0.328 e. The minimum atomic E-state index is -0.372. The predicted molar refractivity (Wildman–Crippen MR) is 84.6 cm³/mol. The van der Waals surface area contributed by atoms with Gasteiger partial charge in [0.25, 0.3) is 0 Å². The van der Waals surface area contributed by atoms with E-state index in [2.05, 4.69) is 10.2 Å². The van der Waals surface area contributed by atoms with E-state index in [1.165, 1.54) is 0 Å². The highest BCUT2D eigenvalue weighted by atomic mass is 35.5. The van der Waals surface area contributed by atoms with Crippen LogP contribution < -0.4 is 5.32 Å². The van der Waals surface area contributed by atoms with Crippen molar-refractivity contribution in [2.75, 3.05) is 32.8 Å². The first-order valence-electron chi connectivity index (χ1n) is 7.51. The summed E-state index contributed by atoms with van der Waals surface area (Å²) in [4.78, 5) is 14.6. The highest BCUT2D eigenvalue weighted by Gasteiger charge is 2.29. The Morgan fingerprint density at radius 3 is 2.95 bits per heavy atom. The summed E-state index contributed by atoms with van der Waals surface area (Å²) in [7, 11) is 0. The molecule has 1 saturated heterocycles. The first kappa shape index (κ1) is 16.3. The summed E-state index contributed by atoms with van der Waals surface area (Å²) in [5, 5.41) is 4.04. The van der Waals surface area contributed by atoms with Gasteiger partial charge in [0.05, 0.1) is 6.61 Å². The van der Waals surface area contributed by atoms with Crippen LogP contribution in [0.1, 0.15) is 30.5 Å². The molecule has 1 fully saturated rings. The van der Waals surface area contributed by atoms with Gasteiger partial charge in [0.2, 0.25) is 0 Å². The lowest BCUT2D eigenvalue weighted by Gasteiger charge is -2.29. The number of nitrogens with zero attached hydrogens (tertiary/aromatic N) is 1. The van der Waals surface area contributed by atoms with Crippen molar-refractivity contribution in [2.45, 2.75) is 26.3 Å². The third kappa shape index (κ3) is 4.19. The summed E-state index contributed by atoms with van der Waals surface area (Å²) < 4.78 is 5.28. The van der Waals surface area contributed by atoms with Gasteiger partial charge in [-0.3, -0.25) is 4.90 Å². The molecule has 0 bridgehead atoms. The monoisotopic (exact) mass is 310 g/mol. The number of nitrogens with one attached hydrogen (secondary N) is 1. The van der Waals surface area contributed by atoms with E-state index >= 15 is 0 Å². The standard InChI is InChI=1S/C16H23ClN2O2/c1-3-21-16(20)15(19-9-4-7-18-8-10-19)13-6-5-12(2)14(17)11-13/h5-6,11,15,18H,3-4,7-10H2,1-2H3. The average molecular weight is 311 g/mol. The van der Waals surface area contributed by atoms with Gasteiger partial charge in [0.15, 0.2) is 0 Å². The van der Waals surface area contributed by atoms with Crippen LogP contribution in [-0.2, 0) is 9.53 Å². The number of hydrogen-bond acceptors (Lipinski definition) is 4. The normalized spacial score (nSPS) is 18.0. The largest absolute Gasteiger partial charge is 0.465 e. The maximum absolute atomic E-state index is 12.4. The fourth-order valence-corrected chi connectivity index (χ4v) is 2.81. The fourth-order valence-electron chi connectivity index (χ4n) is 2.62. The molecule has 1 aromatic carbocycles. The van der Waals surface area contributed by atoms with Crippen LogP contribution in [0.2, 0.25) is 5.02 Å². The number of ether oxygens (including phenoxy) is 1. The van der Waals surface area contributed by atoms with Crippen molar-refractivity contribution in [1.82, 2.24) is 10.2 Å². The van der Waals surface area contributed by atoms with Gasteiger partial charge in [-0.25, -0.2) is 4.79 Å². The molecule has 0 saturated carbocycles. The summed E-state index contributed by atoms with van der Waals surface area (Å²) in [6.07, 6.45) is 1.02. The van der Waals surface area contributed by atoms with Crippen LogP contribution in [0.5, 0.6) is 0 Å². The summed E-state index contributed by atoms with van der Waals surface area (Å²) in [6, 6.07) is 5.45. The SMILES string of the molecule is CCOC(=O)C(c1ccc(C)c(Cl)c1)N1CCCNCC1. The minimum absolute atomic E-state index is 0.195. The van der Waals surface area contributed by atoms with E-state index in [-0.39, 0.29) is 12.0 Å². The number of carbonyl (C=O) groups is 1. The molecule has 0 aliphatic carbocycles. The van der Waals surface area contributed by atoms with Crippen molar-refractivity contribution in [3.63, 3.8) is 0 Å². The topological polar surface area (TPSA) is 41.6 Å². The van der Waals surface area contributed by atoms with Crippen LogP contribution in [0.15, 0.2) is 18.2 Å². The van der Waals surface area contributed by atoms with Gasteiger partial charge >= 0.3 is 5.97 Å². The van der Waals surface area contributed by atoms with E-state index < -0.39 is 0 Å². The van der Waals surface area contributed by atoms with E-state index in [0.717, 1.165) is 43.7 Å². The Hall–Kier alpha value is -1.10. The third-order valence-corrected chi connectivity index (χ3v) is 4.17. The van der Waals surface area contributed by atoms with Gasteiger partial charge in [-0.15, -0.1) is 0 Å². The number of carbonyl (C=O) groups excluding carboxylic acids is 1. The first-order chi connectivity index (χ1) is 10.1. The molecule has 1 heterocycles. The van der Waals surface area contributed by atoms with Gasteiger partial charge in [-0.05, 0) is 44.0 Å². The zero-order valence-corrected chi connectivity index (χ0v) is 13.4. The van der Waals surface area contributed by atoms with Gasteiger partial charge in [-0.2, -0.15) is 0 Å². The highest BCUT2D eigenvalue weighted by molar-refractivity contribution is 6.31. The lowest BCUT2D eigenvalue weighted by atomic mass is 10.0. The molecule has 1 aromatic rings. The van der Waals surface area contributed by atoms with Crippen molar-refractivity contribution >= 4 is 17.6 Å². The molecular weight excluding hydrogens is 288 g/mol. The molecule has 4 nitrogen and oxygen atoms in total. The molecule has 2 rings (SSSR count). The van der Waals surface area contributed by atoms with Gasteiger partial charge in [0, 0.05) is 24.7 Å². The molecule has 116 valence electrons. The Bertz CT molecular complexity index is 485. The Morgan fingerprint density at radius 1 is 1.43 bits per heavy atom. The summed E-state index contributed by atoms with van der Waals surface area (Å²) >= 11 is 6.23. The number of halogens is 1. The van der Waals surface area contributed by atoms with Gasteiger partial charge < -0.3 is 10.1 Å². The summed E-state index contributed by atoms with van der Waals surface area (Å²) in [5.74, 6) is -0.195. The first-order valence-corrected chi connectivity index (χ1v) is 7.88. The van der Waals surface area contributed by atoms with Crippen molar-refractivity contribution in [1.29, 1.82) is 0 Å².